The van der Waals surface area contributed by atoms with Crippen LogP contribution in [0.4, 0.5) is 17.6 Å². The average Bonchev–Trinajstić information content (AvgIpc) is 3.16. The molecule has 3 aliphatic rings. The molecular weight excluding hydrogens is 372 g/mol. The summed E-state index contributed by atoms with van der Waals surface area (Å²) in [7, 11) is 1.04. The van der Waals surface area contributed by atoms with Gasteiger partial charge in [-0.2, -0.15) is 17.6 Å². The lowest BCUT2D eigenvalue weighted by atomic mass is 9.78. The third-order valence-electron chi connectivity index (χ3n) is 5.18. The van der Waals surface area contributed by atoms with Gasteiger partial charge in [0.05, 0.1) is 18.9 Å². The van der Waals surface area contributed by atoms with E-state index in [4.69, 9.17) is 9.84 Å². The molecule has 0 radical (unpaired) electrons. The van der Waals surface area contributed by atoms with Gasteiger partial charge in [0.15, 0.2) is 0 Å². The number of ether oxygens (including phenoxy) is 3. The number of fused-ring (bicyclic) bond motifs is 1. The number of aliphatic carboxylic acids is 1. The molecule has 1 saturated heterocycles. The SMILES string of the molecule is COC(=O)C1C2CC3C(OC(=O)C31)C2OC(=O)C(F)(F)C(F)(F)C(=O)O. The van der Waals surface area contributed by atoms with Gasteiger partial charge in [-0.05, 0) is 6.42 Å². The number of methoxy groups -OCH3 is 1. The first-order chi connectivity index (χ1) is 11.9. The fourth-order valence-corrected chi connectivity index (χ4v) is 4.06. The Hall–Kier alpha value is -2.40. The number of hydrogen-bond donors (Lipinski definition) is 1. The van der Waals surface area contributed by atoms with Crippen LogP contribution in [0.5, 0.6) is 0 Å². The second-order valence-electron chi connectivity index (χ2n) is 6.36. The molecule has 0 aromatic carbocycles. The second kappa shape index (κ2) is 5.55. The Balaban J connectivity index is 1.85. The molecule has 8 nitrogen and oxygen atoms in total. The van der Waals surface area contributed by atoms with Crippen molar-refractivity contribution >= 4 is 23.9 Å². The first-order valence-corrected chi connectivity index (χ1v) is 7.43. The van der Waals surface area contributed by atoms with Gasteiger partial charge in [0.25, 0.3) is 0 Å². The Kier molecular flexibility index (Phi) is 3.92. The minimum absolute atomic E-state index is 0.111. The number of carboxylic acids is 1. The van der Waals surface area contributed by atoms with E-state index in [-0.39, 0.29) is 6.42 Å². The number of halogens is 4. The molecule has 1 aliphatic heterocycles. The molecule has 3 rings (SSSR count). The molecule has 144 valence electrons. The van der Waals surface area contributed by atoms with Crippen LogP contribution in [0.15, 0.2) is 0 Å². The third-order valence-corrected chi connectivity index (χ3v) is 5.18. The first kappa shape index (κ1) is 18.4. The highest BCUT2D eigenvalue weighted by Crippen LogP contribution is 2.59. The van der Waals surface area contributed by atoms with Crippen LogP contribution < -0.4 is 0 Å². The highest BCUT2D eigenvalue weighted by atomic mass is 19.3. The van der Waals surface area contributed by atoms with E-state index in [2.05, 4.69) is 9.47 Å². The zero-order valence-corrected chi connectivity index (χ0v) is 13.0. The predicted molar refractivity (Wildman–Crippen MR) is 67.9 cm³/mol. The zero-order valence-electron chi connectivity index (χ0n) is 13.0. The largest absolute Gasteiger partial charge is 0.477 e. The van der Waals surface area contributed by atoms with Crippen molar-refractivity contribution < 1.29 is 56.1 Å². The van der Waals surface area contributed by atoms with Crippen LogP contribution in [0.1, 0.15) is 6.42 Å². The standard InChI is InChI=1S/C14H12F4O8/c1-24-9(19)5-3-2-4-6(5)10(20)25-7(4)8(3)26-12(23)14(17,18)13(15,16)11(21)22/h3-8H,2H2,1H3,(H,21,22). The van der Waals surface area contributed by atoms with Crippen molar-refractivity contribution in [3.05, 3.63) is 0 Å². The maximum Gasteiger partial charge on any atom is 0.415 e. The van der Waals surface area contributed by atoms with E-state index < -0.39 is 71.6 Å². The second-order valence-corrected chi connectivity index (χ2v) is 6.36. The van der Waals surface area contributed by atoms with E-state index in [1.54, 1.807) is 0 Å². The molecule has 12 heteroatoms. The molecule has 0 amide bonds. The van der Waals surface area contributed by atoms with Crippen molar-refractivity contribution in [1.82, 2.24) is 0 Å². The lowest BCUT2D eigenvalue weighted by molar-refractivity contribution is -0.240. The molecular formula is C14H12F4O8. The van der Waals surface area contributed by atoms with Gasteiger partial charge >= 0.3 is 35.7 Å². The van der Waals surface area contributed by atoms with Gasteiger partial charge in [-0.15, -0.1) is 0 Å². The van der Waals surface area contributed by atoms with Gasteiger partial charge in [0, 0.05) is 11.8 Å². The van der Waals surface area contributed by atoms with Crippen LogP contribution in [0.25, 0.3) is 0 Å². The van der Waals surface area contributed by atoms with Crippen LogP contribution in [0.3, 0.4) is 0 Å². The van der Waals surface area contributed by atoms with Crippen molar-refractivity contribution in [2.75, 3.05) is 7.11 Å². The lowest BCUT2D eigenvalue weighted by Crippen LogP contribution is -2.55. The van der Waals surface area contributed by atoms with Gasteiger partial charge in [0.1, 0.15) is 12.2 Å². The fourth-order valence-electron chi connectivity index (χ4n) is 4.06. The van der Waals surface area contributed by atoms with Crippen molar-refractivity contribution in [3.8, 4) is 0 Å². The average molecular weight is 384 g/mol. The maximum absolute atomic E-state index is 13.6. The molecule has 2 saturated carbocycles. The summed E-state index contributed by atoms with van der Waals surface area (Å²) in [5, 5.41) is 8.21. The molecule has 3 fully saturated rings. The molecule has 0 aromatic heterocycles. The van der Waals surface area contributed by atoms with Crippen LogP contribution in [-0.4, -0.2) is 60.1 Å². The number of hydrogen-bond acceptors (Lipinski definition) is 7. The minimum atomic E-state index is -5.70. The summed E-state index contributed by atoms with van der Waals surface area (Å²) >= 11 is 0. The Bertz CT molecular complexity index is 692. The van der Waals surface area contributed by atoms with Crippen LogP contribution >= 0.6 is 0 Å². The summed E-state index contributed by atoms with van der Waals surface area (Å²) in [5.74, 6) is -22.5. The van der Waals surface area contributed by atoms with Crippen molar-refractivity contribution in [2.45, 2.75) is 30.5 Å². The van der Waals surface area contributed by atoms with Crippen molar-refractivity contribution in [1.29, 1.82) is 0 Å². The first-order valence-electron chi connectivity index (χ1n) is 7.43. The number of esters is 3. The quantitative estimate of drug-likeness (QED) is 0.407. The molecule has 2 bridgehead atoms. The fraction of sp³-hybridized carbons (Fsp3) is 0.714. The Morgan fingerprint density at radius 3 is 2.31 bits per heavy atom. The Morgan fingerprint density at radius 1 is 1.15 bits per heavy atom. The third kappa shape index (κ3) is 2.20. The minimum Gasteiger partial charge on any atom is -0.477 e. The van der Waals surface area contributed by atoms with Gasteiger partial charge < -0.3 is 19.3 Å². The highest BCUT2D eigenvalue weighted by Gasteiger charge is 2.73. The maximum atomic E-state index is 13.6. The Labute approximate surface area is 142 Å². The molecule has 6 atom stereocenters. The monoisotopic (exact) mass is 384 g/mol. The van der Waals surface area contributed by atoms with Crippen LogP contribution in [0.2, 0.25) is 0 Å². The van der Waals surface area contributed by atoms with Crippen LogP contribution in [-0.2, 0) is 33.4 Å². The van der Waals surface area contributed by atoms with E-state index in [1.807, 2.05) is 0 Å². The predicted octanol–water partition coefficient (Wildman–Crippen LogP) is 0.234. The zero-order chi connectivity index (χ0) is 19.6. The molecule has 0 aromatic rings. The number of carbonyl (C=O) groups excluding carboxylic acids is 3. The van der Waals surface area contributed by atoms with E-state index in [9.17, 15) is 36.7 Å². The topological polar surface area (TPSA) is 116 Å². The van der Waals surface area contributed by atoms with E-state index in [0.29, 0.717) is 0 Å². The molecule has 0 spiro atoms. The van der Waals surface area contributed by atoms with Crippen molar-refractivity contribution in [2.24, 2.45) is 23.7 Å². The highest BCUT2D eigenvalue weighted by molar-refractivity contribution is 5.90. The van der Waals surface area contributed by atoms with Gasteiger partial charge in [0.2, 0.25) is 0 Å². The smallest absolute Gasteiger partial charge is 0.415 e. The molecule has 2 aliphatic carbocycles. The summed E-state index contributed by atoms with van der Waals surface area (Å²) in [6.07, 6.45) is -2.62. The number of carbonyl (C=O) groups is 4. The summed E-state index contributed by atoms with van der Waals surface area (Å²) in [6, 6.07) is 0. The Morgan fingerprint density at radius 2 is 1.77 bits per heavy atom. The summed E-state index contributed by atoms with van der Waals surface area (Å²) in [4.78, 5) is 45.7. The molecule has 6 unspecified atom stereocenters. The summed E-state index contributed by atoms with van der Waals surface area (Å²) in [5.41, 5.74) is 0. The van der Waals surface area contributed by atoms with Crippen molar-refractivity contribution in [3.63, 3.8) is 0 Å². The number of carboxylic acid groups (broad SMARTS) is 1. The lowest BCUT2D eigenvalue weighted by Gasteiger charge is -2.31. The number of rotatable bonds is 5. The van der Waals surface area contributed by atoms with Gasteiger partial charge in [-0.3, -0.25) is 9.59 Å². The van der Waals surface area contributed by atoms with E-state index in [0.717, 1.165) is 7.11 Å². The van der Waals surface area contributed by atoms with Gasteiger partial charge in [-0.25, -0.2) is 9.59 Å². The molecule has 26 heavy (non-hydrogen) atoms. The normalized spacial score (nSPS) is 35.2. The molecule has 1 heterocycles. The van der Waals surface area contributed by atoms with Crippen LogP contribution in [0, 0.1) is 23.7 Å². The van der Waals surface area contributed by atoms with E-state index in [1.165, 1.54) is 0 Å². The van der Waals surface area contributed by atoms with Gasteiger partial charge in [-0.1, -0.05) is 0 Å². The number of alkyl halides is 4. The summed E-state index contributed by atoms with van der Waals surface area (Å²) in [6.45, 7) is 0. The molecule has 1 N–H and O–H groups in total. The summed E-state index contributed by atoms with van der Waals surface area (Å²) < 4.78 is 67.4. The van der Waals surface area contributed by atoms with E-state index >= 15 is 0 Å².